The monoisotopic (exact) mass is 281 g/mol. The number of aryl methyl sites for hydroxylation is 2. The molecule has 1 aliphatic heterocycles. The van der Waals surface area contributed by atoms with E-state index in [0.29, 0.717) is 18.4 Å². The summed E-state index contributed by atoms with van der Waals surface area (Å²) in [5.74, 6) is -0.0309. The maximum absolute atomic E-state index is 12.2. The van der Waals surface area contributed by atoms with Gasteiger partial charge in [0.05, 0.1) is 6.20 Å². The first-order valence-corrected chi connectivity index (χ1v) is 6.76. The number of nitrogens with zero attached hydrogens (tertiary/aromatic N) is 2. The molecule has 21 heavy (non-hydrogen) atoms. The van der Waals surface area contributed by atoms with Gasteiger partial charge in [-0.3, -0.25) is 14.3 Å². The fourth-order valence-electron chi connectivity index (χ4n) is 2.33. The zero-order valence-electron chi connectivity index (χ0n) is 11.7. The van der Waals surface area contributed by atoms with Gasteiger partial charge in [0.25, 0.3) is 0 Å². The van der Waals surface area contributed by atoms with E-state index in [4.69, 9.17) is 0 Å². The Balaban J connectivity index is 1.79. The minimum atomic E-state index is -0.0569. The molecular weight excluding hydrogens is 266 g/mol. The van der Waals surface area contributed by atoms with E-state index < -0.39 is 0 Å². The molecule has 0 atom stereocenters. The number of rotatable bonds is 3. The first kappa shape index (κ1) is 13.3. The van der Waals surface area contributed by atoms with Crippen LogP contribution in [0.4, 0.5) is 5.69 Å². The Morgan fingerprint density at radius 3 is 3.00 bits per heavy atom. The average Bonchev–Trinajstić information content (AvgIpc) is 2.90. The lowest BCUT2D eigenvalue weighted by Crippen LogP contribution is -2.19. The Morgan fingerprint density at radius 2 is 2.24 bits per heavy atom. The average molecular weight is 281 g/mol. The van der Waals surface area contributed by atoms with Crippen LogP contribution in [-0.4, -0.2) is 21.5 Å². The Kier molecular flexibility index (Phi) is 3.39. The van der Waals surface area contributed by atoms with Gasteiger partial charge in [0.2, 0.25) is 5.91 Å². The van der Waals surface area contributed by atoms with Crippen molar-refractivity contribution in [2.45, 2.75) is 12.8 Å². The number of fused-ring (bicyclic) bond motifs is 1. The van der Waals surface area contributed by atoms with Crippen LogP contribution >= 0.6 is 0 Å². The number of anilines is 1. The molecule has 5 heteroatoms. The van der Waals surface area contributed by atoms with Gasteiger partial charge in [0, 0.05) is 36.5 Å². The van der Waals surface area contributed by atoms with E-state index in [2.05, 4.69) is 10.4 Å². The number of hydrogen-bond acceptors (Lipinski definition) is 3. The standard InChI is InChI=1S/C16H15N3O2/c1-19-10-11(9-17-19)2-6-15(20)13-3-5-14-12(8-13)4-7-16(21)18-14/h2-3,5-6,8-10H,4,7H2,1H3,(H,18,21). The SMILES string of the molecule is Cn1cc(C=CC(=O)c2ccc3c(c2)CCC(=O)N3)cn1. The molecule has 1 N–H and O–H groups in total. The predicted molar refractivity (Wildman–Crippen MR) is 80.0 cm³/mol. The molecule has 0 aliphatic carbocycles. The summed E-state index contributed by atoms with van der Waals surface area (Å²) >= 11 is 0. The van der Waals surface area contributed by atoms with Crippen LogP contribution in [0, 0.1) is 0 Å². The van der Waals surface area contributed by atoms with Gasteiger partial charge < -0.3 is 5.32 Å². The maximum atomic E-state index is 12.2. The zero-order chi connectivity index (χ0) is 14.8. The van der Waals surface area contributed by atoms with Gasteiger partial charge in [-0.25, -0.2) is 0 Å². The molecule has 2 aromatic rings. The van der Waals surface area contributed by atoms with Gasteiger partial charge >= 0.3 is 0 Å². The summed E-state index contributed by atoms with van der Waals surface area (Å²) in [7, 11) is 1.83. The minimum absolute atomic E-state index is 0.0260. The first-order chi connectivity index (χ1) is 10.1. The molecule has 3 rings (SSSR count). The number of amides is 1. The second kappa shape index (κ2) is 5.36. The third-order valence-electron chi connectivity index (χ3n) is 3.44. The minimum Gasteiger partial charge on any atom is -0.326 e. The summed E-state index contributed by atoms with van der Waals surface area (Å²) in [5.41, 5.74) is 3.33. The van der Waals surface area contributed by atoms with Crippen molar-refractivity contribution in [3.8, 4) is 0 Å². The quantitative estimate of drug-likeness (QED) is 0.693. The van der Waals surface area contributed by atoms with Crippen molar-refractivity contribution in [3.63, 3.8) is 0 Å². The highest BCUT2D eigenvalue weighted by Crippen LogP contribution is 2.23. The van der Waals surface area contributed by atoms with Crippen molar-refractivity contribution in [2.75, 3.05) is 5.32 Å². The lowest BCUT2D eigenvalue weighted by Gasteiger charge is -2.16. The highest BCUT2D eigenvalue weighted by Gasteiger charge is 2.15. The topological polar surface area (TPSA) is 64.0 Å². The maximum Gasteiger partial charge on any atom is 0.224 e. The Morgan fingerprint density at radius 1 is 1.38 bits per heavy atom. The van der Waals surface area contributed by atoms with Gasteiger partial charge in [0.15, 0.2) is 5.78 Å². The molecule has 0 saturated carbocycles. The molecule has 0 unspecified atom stereocenters. The number of carbonyl (C=O) groups is 2. The molecule has 0 radical (unpaired) electrons. The lowest BCUT2D eigenvalue weighted by atomic mass is 9.98. The van der Waals surface area contributed by atoms with Crippen LogP contribution in [0.5, 0.6) is 0 Å². The van der Waals surface area contributed by atoms with Gasteiger partial charge in [-0.05, 0) is 42.3 Å². The molecule has 0 spiro atoms. The Labute approximate surface area is 122 Å². The third kappa shape index (κ3) is 2.91. The van der Waals surface area contributed by atoms with Crippen LogP contribution < -0.4 is 5.32 Å². The van der Waals surface area contributed by atoms with Crippen molar-refractivity contribution in [2.24, 2.45) is 7.05 Å². The van der Waals surface area contributed by atoms with Gasteiger partial charge in [-0.2, -0.15) is 5.10 Å². The smallest absolute Gasteiger partial charge is 0.224 e. The summed E-state index contributed by atoms with van der Waals surface area (Å²) in [6.07, 6.45) is 7.97. The van der Waals surface area contributed by atoms with Crippen LogP contribution in [0.25, 0.3) is 6.08 Å². The van der Waals surface area contributed by atoms with E-state index in [-0.39, 0.29) is 11.7 Å². The van der Waals surface area contributed by atoms with E-state index in [9.17, 15) is 9.59 Å². The number of carbonyl (C=O) groups excluding carboxylic acids is 2. The van der Waals surface area contributed by atoms with Crippen LogP contribution in [0.2, 0.25) is 0 Å². The molecule has 2 heterocycles. The van der Waals surface area contributed by atoms with Crippen molar-refractivity contribution in [1.29, 1.82) is 0 Å². The van der Waals surface area contributed by atoms with E-state index in [1.165, 1.54) is 0 Å². The number of allylic oxidation sites excluding steroid dienone is 1. The van der Waals surface area contributed by atoms with Crippen molar-refractivity contribution in [3.05, 3.63) is 53.4 Å². The van der Waals surface area contributed by atoms with Gasteiger partial charge in [-0.15, -0.1) is 0 Å². The molecule has 0 saturated heterocycles. The third-order valence-corrected chi connectivity index (χ3v) is 3.44. The summed E-state index contributed by atoms with van der Waals surface area (Å²) in [4.78, 5) is 23.5. The van der Waals surface area contributed by atoms with E-state index in [1.807, 2.05) is 19.3 Å². The number of hydrogen-bond donors (Lipinski definition) is 1. The van der Waals surface area contributed by atoms with Crippen LogP contribution in [0.1, 0.15) is 27.9 Å². The molecular formula is C16H15N3O2. The number of benzene rings is 1. The zero-order valence-corrected chi connectivity index (χ0v) is 11.7. The van der Waals surface area contributed by atoms with Crippen LogP contribution in [0.3, 0.4) is 0 Å². The van der Waals surface area contributed by atoms with Crippen molar-refractivity contribution < 1.29 is 9.59 Å². The predicted octanol–water partition coefficient (Wildman–Crippen LogP) is 2.20. The first-order valence-electron chi connectivity index (χ1n) is 6.76. The summed E-state index contributed by atoms with van der Waals surface area (Å²) in [6, 6.07) is 5.38. The largest absolute Gasteiger partial charge is 0.326 e. The van der Waals surface area contributed by atoms with Crippen LogP contribution in [0.15, 0.2) is 36.7 Å². The molecule has 1 aromatic heterocycles. The second-order valence-corrected chi connectivity index (χ2v) is 5.07. The number of ketones is 1. The normalized spacial score (nSPS) is 14.0. The van der Waals surface area contributed by atoms with Gasteiger partial charge in [-0.1, -0.05) is 0 Å². The van der Waals surface area contributed by atoms with E-state index in [0.717, 1.165) is 16.8 Å². The van der Waals surface area contributed by atoms with Crippen LogP contribution in [-0.2, 0) is 18.3 Å². The fraction of sp³-hybridized carbons (Fsp3) is 0.188. The number of aromatic nitrogens is 2. The molecule has 0 fully saturated rings. The number of nitrogens with one attached hydrogen (secondary N) is 1. The van der Waals surface area contributed by atoms with E-state index >= 15 is 0 Å². The highest BCUT2D eigenvalue weighted by atomic mass is 16.1. The van der Waals surface area contributed by atoms with E-state index in [1.54, 1.807) is 35.2 Å². The van der Waals surface area contributed by atoms with Crippen molar-refractivity contribution in [1.82, 2.24) is 9.78 Å². The molecule has 5 nitrogen and oxygen atoms in total. The van der Waals surface area contributed by atoms with Crippen molar-refractivity contribution >= 4 is 23.5 Å². The molecule has 106 valence electrons. The second-order valence-electron chi connectivity index (χ2n) is 5.07. The summed E-state index contributed by atoms with van der Waals surface area (Å²) in [5, 5.41) is 6.85. The highest BCUT2D eigenvalue weighted by molar-refractivity contribution is 6.07. The molecule has 1 aliphatic rings. The molecule has 0 bridgehead atoms. The van der Waals surface area contributed by atoms with Gasteiger partial charge in [0.1, 0.15) is 0 Å². The Hall–Kier alpha value is -2.69. The molecule has 1 aromatic carbocycles. The fourth-order valence-corrected chi connectivity index (χ4v) is 2.33. The summed E-state index contributed by atoms with van der Waals surface area (Å²) < 4.78 is 1.69. The lowest BCUT2D eigenvalue weighted by molar-refractivity contribution is -0.116. The molecule has 1 amide bonds. The Bertz CT molecular complexity index is 744. The summed E-state index contributed by atoms with van der Waals surface area (Å²) in [6.45, 7) is 0.